The van der Waals surface area contributed by atoms with E-state index in [1.807, 2.05) is 0 Å². The average Bonchev–Trinajstić information content (AvgIpc) is 3.00. The van der Waals surface area contributed by atoms with Gasteiger partial charge < -0.3 is 9.67 Å². The minimum Gasteiger partial charge on any atom is -0.477 e. The summed E-state index contributed by atoms with van der Waals surface area (Å²) in [5.74, 6) is 0.835. The molecule has 0 bridgehead atoms. The van der Waals surface area contributed by atoms with Gasteiger partial charge in [-0.15, -0.1) is 0 Å². The summed E-state index contributed by atoms with van der Waals surface area (Å²) in [6.45, 7) is 5.39. The topological polar surface area (TPSA) is 58.4 Å². The van der Waals surface area contributed by atoms with Crippen LogP contribution in [0.25, 0.3) is 0 Å². The molecule has 5 nitrogen and oxygen atoms in total. The predicted molar refractivity (Wildman–Crippen MR) is 80.1 cm³/mol. The van der Waals surface area contributed by atoms with Gasteiger partial charge in [-0.2, -0.15) is 0 Å². The summed E-state index contributed by atoms with van der Waals surface area (Å²) in [6.07, 6.45) is 8.18. The minimum atomic E-state index is -0.907. The maximum atomic E-state index is 11.1. The van der Waals surface area contributed by atoms with Crippen LogP contribution in [0.5, 0.6) is 0 Å². The molecule has 1 aliphatic carbocycles. The van der Waals surface area contributed by atoms with E-state index in [4.69, 9.17) is 5.11 Å². The normalized spacial score (nSPS) is 30.1. The summed E-state index contributed by atoms with van der Waals surface area (Å²) < 4.78 is 1.70. The number of carboxylic acid groups (broad SMARTS) is 1. The second-order valence-corrected chi connectivity index (χ2v) is 7.07. The van der Waals surface area contributed by atoms with Crippen LogP contribution in [0.2, 0.25) is 0 Å². The van der Waals surface area contributed by atoms with Crippen molar-refractivity contribution in [3.63, 3.8) is 0 Å². The van der Waals surface area contributed by atoms with Gasteiger partial charge in [-0.05, 0) is 37.1 Å². The SMILES string of the molecule is CC1CCC2(CC1)CCN(Cc1ncc(C(=O)O)n1C)C2. The highest BCUT2D eigenvalue weighted by atomic mass is 16.4. The standard InChI is InChI=1S/C16H25N3O2/c1-12-3-5-16(6-4-12)7-8-19(11-16)10-14-17-9-13(15(20)21)18(14)2/h9,12H,3-8,10-11H2,1-2H3,(H,20,21). The van der Waals surface area contributed by atoms with Gasteiger partial charge in [-0.3, -0.25) is 4.90 Å². The van der Waals surface area contributed by atoms with E-state index < -0.39 is 5.97 Å². The third-order valence-electron chi connectivity index (χ3n) is 5.52. The molecule has 2 heterocycles. The number of carboxylic acids is 1. The maximum Gasteiger partial charge on any atom is 0.354 e. The highest BCUT2D eigenvalue weighted by Crippen LogP contribution is 2.45. The molecule has 3 rings (SSSR count). The molecule has 0 amide bonds. The van der Waals surface area contributed by atoms with Crippen LogP contribution >= 0.6 is 0 Å². The number of likely N-dealkylation sites (tertiary alicyclic amines) is 1. The molecule has 1 aliphatic heterocycles. The number of carbonyl (C=O) groups is 1. The number of aromatic carboxylic acids is 1. The summed E-state index contributed by atoms with van der Waals surface area (Å²) in [5.41, 5.74) is 0.790. The highest BCUT2D eigenvalue weighted by molar-refractivity contribution is 5.85. The fraction of sp³-hybridized carbons (Fsp3) is 0.750. The lowest BCUT2D eigenvalue weighted by Crippen LogP contribution is -2.31. The van der Waals surface area contributed by atoms with Gasteiger partial charge in [0.2, 0.25) is 0 Å². The van der Waals surface area contributed by atoms with Crippen molar-refractivity contribution in [2.75, 3.05) is 13.1 Å². The largest absolute Gasteiger partial charge is 0.477 e. The van der Waals surface area contributed by atoms with Crippen LogP contribution in [-0.2, 0) is 13.6 Å². The van der Waals surface area contributed by atoms with Crippen LogP contribution in [-0.4, -0.2) is 38.6 Å². The van der Waals surface area contributed by atoms with E-state index in [0.29, 0.717) is 5.41 Å². The molecule has 116 valence electrons. The Morgan fingerprint density at radius 3 is 2.76 bits per heavy atom. The van der Waals surface area contributed by atoms with Crippen LogP contribution in [0.1, 0.15) is 55.3 Å². The van der Waals surface area contributed by atoms with Crippen molar-refractivity contribution in [2.24, 2.45) is 18.4 Å². The Labute approximate surface area is 126 Å². The van der Waals surface area contributed by atoms with Gasteiger partial charge in [-0.25, -0.2) is 9.78 Å². The molecular weight excluding hydrogens is 266 g/mol. The van der Waals surface area contributed by atoms with Crippen molar-refractivity contribution in [2.45, 2.75) is 45.6 Å². The molecule has 0 aromatic carbocycles. The maximum absolute atomic E-state index is 11.1. The molecule has 5 heteroatoms. The first-order valence-corrected chi connectivity index (χ1v) is 7.95. The number of aromatic nitrogens is 2. The molecule has 1 aromatic heterocycles. The van der Waals surface area contributed by atoms with Crippen LogP contribution < -0.4 is 0 Å². The Bertz CT molecular complexity index is 530. The fourth-order valence-electron chi connectivity index (χ4n) is 3.94. The van der Waals surface area contributed by atoms with Gasteiger partial charge in [0, 0.05) is 13.6 Å². The minimum absolute atomic E-state index is 0.269. The Kier molecular flexibility index (Phi) is 3.78. The zero-order valence-electron chi connectivity index (χ0n) is 13.0. The molecule has 1 N–H and O–H groups in total. The Balaban J connectivity index is 1.64. The molecule has 21 heavy (non-hydrogen) atoms. The van der Waals surface area contributed by atoms with Crippen LogP contribution in [0.3, 0.4) is 0 Å². The van der Waals surface area contributed by atoms with Crippen molar-refractivity contribution in [3.05, 3.63) is 17.7 Å². The molecule has 1 saturated heterocycles. The van der Waals surface area contributed by atoms with Crippen molar-refractivity contribution in [1.82, 2.24) is 14.5 Å². The Morgan fingerprint density at radius 1 is 1.43 bits per heavy atom. The van der Waals surface area contributed by atoms with Crippen LogP contribution in [0.4, 0.5) is 0 Å². The second-order valence-electron chi connectivity index (χ2n) is 7.07. The van der Waals surface area contributed by atoms with Crippen LogP contribution in [0, 0.1) is 11.3 Å². The quantitative estimate of drug-likeness (QED) is 0.929. The van der Waals surface area contributed by atoms with E-state index in [9.17, 15) is 4.79 Å². The summed E-state index contributed by atoms with van der Waals surface area (Å²) in [4.78, 5) is 17.8. The first-order chi connectivity index (χ1) is 9.99. The lowest BCUT2D eigenvalue weighted by Gasteiger charge is -2.36. The van der Waals surface area contributed by atoms with E-state index >= 15 is 0 Å². The number of rotatable bonds is 3. The van der Waals surface area contributed by atoms with Crippen LogP contribution in [0.15, 0.2) is 6.20 Å². The first kappa shape index (κ1) is 14.6. The third kappa shape index (κ3) is 2.84. The van der Waals surface area contributed by atoms with E-state index in [-0.39, 0.29) is 5.69 Å². The van der Waals surface area contributed by atoms with Gasteiger partial charge in [0.25, 0.3) is 0 Å². The Hall–Kier alpha value is -1.36. The van der Waals surface area contributed by atoms with Crippen molar-refractivity contribution in [3.8, 4) is 0 Å². The van der Waals surface area contributed by atoms with Gasteiger partial charge in [0.15, 0.2) is 0 Å². The molecule has 2 aliphatic rings. The number of nitrogens with zero attached hydrogens (tertiary/aromatic N) is 3. The molecule has 1 spiro atoms. The average molecular weight is 291 g/mol. The fourth-order valence-corrected chi connectivity index (χ4v) is 3.94. The molecular formula is C16H25N3O2. The summed E-state index contributed by atoms with van der Waals surface area (Å²) in [6, 6.07) is 0. The molecule has 2 fully saturated rings. The first-order valence-electron chi connectivity index (χ1n) is 7.95. The van der Waals surface area contributed by atoms with Gasteiger partial charge in [0.1, 0.15) is 11.5 Å². The lowest BCUT2D eigenvalue weighted by atomic mass is 9.70. The van der Waals surface area contributed by atoms with E-state index in [1.54, 1.807) is 11.6 Å². The third-order valence-corrected chi connectivity index (χ3v) is 5.52. The predicted octanol–water partition coefficient (Wildman–Crippen LogP) is 2.52. The van der Waals surface area contributed by atoms with Crippen molar-refractivity contribution in [1.29, 1.82) is 0 Å². The zero-order chi connectivity index (χ0) is 15.0. The molecule has 0 unspecified atom stereocenters. The number of imidazole rings is 1. The van der Waals surface area contributed by atoms with E-state index in [0.717, 1.165) is 31.4 Å². The van der Waals surface area contributed by atoms with Gasteiger partial charge >= 0.3 is 5.97 Å². The van der Waals surface area contributed by atoms with E-state index in [1.165, 1.54) is 38.3 Å². The number of hydrogen-bond acceptors (Lipinski definition) is 3. The number of hydrogen-bond donors (Lipinski definition) is 1. The van der Waals surface area contributed by atoms with E-state index in [2.05, 4.69) is 16.8 Å². The second kappa shape index (κ2) is 5.44. The van der Waals surface area contributed by atoms with Gasteiger partial charge in [-0.1, -0.05) is 19.8 Å². The highest BCUT2D eigenvalue weighted by Gasteiger charge is 2.40. The van der Waals surface area contributed by atoms with Crippen molar-refractivity contribution >= 4 is 5.97 Å². The molecule has 0 atom stereocenters. The Morgan fingerprint density at radius 2 is 2.14 bits per heavy atom. The lowest BCUT2D eigenvalue weighted by molar-refractivity contribution is 0.0685. The van der Waals surface area contributed by atoms with Crippen molar-refractivity contribution < 1.29 is 9.90 Å². The summed E-state index contributed by atoms with van der Waals surface area (Å²) in [5, 5.41) is 9.09. The molecule has 1 aromatic rings. The summed E-state index contributed by atoms with van der Waals surface area (Å²) >= 11 is 0. The van der Waals surface area contributed by atoms with Gasteiger partial charge in [0.05, 0.1) is 12.7 Å². The zero-order valence-corrected chi connectivity index (χ0v) is 13.0. The smallest absolute Gasteiger partial charge is 0.354 e. The molecule has 0 radical (unpaired) electrons. The monoisotopic (exact) mass is 291 g/mol. The molecule has 1 saturated carbocycles. The summed E-state index contributed by atoms with van der Waals surface area (Å²) in [7, 11) is 1.79.